The fraction of sp³-hybridized carbons (Fsp3) is 0.0909. The van der Waals surface area contributed by atoms with E-state index in [4.69, 9.17) is 9.97 Å². The molecular formula is C33H24N4. The Morgan fingerprint density at radius 3 is 1.86 bits per heavy atom. The topological polar surface area (TPSA) is 35.6 Å². The Hall–Kier alpha value is -4.70. The van der Waals surface area contributed by atoms with Crippen LogP contribution in [-0.2, 0) is 5.41 Å². The first-order chi connectivity index (χ1) is 18.1. The van der Waals surface area contributed by atoms with Gasteiger partial charge >= 0.3 is 0 Å². The van der Waals surface area contributed by atoms with Gasteiger partial charge in [0, 0.05) is 39.0 Å². The molecule has 0 amide bonds. The summed E-state index contributed by atoms with van der Waals surface area (Å²) in [5.41, 5.74) is 8.48. The molecule has 1 aliphatic rings. The summed E-state index contributed by atoms with van der Waals surface area (Å²) in [4.78, 5) is 10.0. The van der Waals surface area contributed by atoms with E-state index in [0.29, 0.717) is 5.95 Å². The summed E-state index contributed by atoms with van der Waals surface area (Å²) in [6.45, 7) is 4.64. The Morgan fingerprint density at radius 1 is 0.595 bits per heavy atom. The van der Waals surface area contributed by atoms with E-state index >= 15 is 0 Å². The fourth-order valence-electron chi connectivity index (χ4n) is 6.43. The van der Waals surface area contributed by atoms with Crippen LogP contribution in [0.5, 0.6) is 0 Å². The fourth-order valence-corrected chi connectivity index (χ4v) is 6.43. The first kappa shape index (κ1) is 20.5. The molecule has 0 unspecified atom stereocenters. The molecule has 0 fully saturated rings. The van der Waals surface area contributed by atoms with Crippen molar-refractivity contribution in [2.75, 3.05) is 0 Å². The Balaban J connectivity index is 1.45. The molecule has 0 bridgehead atoms. The van der Waals surface area contributed by atoms with Crippen molar-refractivity contribution in [1.82, 2.24) is 19.1 Å². The maximum absolute atomic E-state index is 5.23. The molecule has 0 saturated heterocycles. The maximum Gasteiger partial charge on any atom is 0.236 e. The molecule has 4 nitrogen and oxygen atoms in total. The molecule has 8 rings (SSSR count). The van der Waals surface area contributed by atoms with E-state index in [-0.39, 0.29) is 5.41 Å². The van der Waals surface area contributed by atoms with Crippen molar-refractivity contribution in [2.24, 2.45) is 0 Å². The average molecular weight is 477 g/mol. The number of benzene rings is 4. The van der Waals surface area contributed by atoms with E-state index < -0.39 is 0 Å². The number of fused-ring (bicyclic) bond motifs is 8. The number of nitrogens with zero attached hydrogens (tertiary/aromatic N) is 4. The van der Waals surface area contributed by atoms with Crippen LogP contribution < -0.4 is 0 Å². The average Bonchev–Trinajstić information content (AvgIpc) is 3.54. The summed E-state index contributed by atoms with van der Waals surface area (Å²) in [7, 11) is 0. The van der Waals surface area contributed by atoms with Crippen molar-refractivity contribution in [3.8, 4) is 22.9 Å². The minimum absolute atomic E-state index is 0.164. The monoisotopic (exact) mass is 476 g/mol. The van der Waals surface area contributed by atoms with Crippen molar-refractivity contribution >= 4 is 32.7 Å². The minimum atomic E-state index is -0.164. The van der Waals surface area contributed by atoms with Gasteiger partial charge in [0.2, 0.25) is 5.95 Å². The highest BCUT2D eigenvalue weighted by atomic mass is 15.2. The number of aromatic nitrogens is 4. The second kappa shape index (κ2) is 7.17. The van der Waals surface area contributed by atoms with Crippen LogP contribution in [0.25, 0.3) is 55.6 Å². The highest BCUT2D eigenvalue weighted by Crippen LogP contribution is 2.53. The summed E-state index contributed by atoms with van der Waals surface area (Å²) in [6, 6.07) is 36.5. The van der Waals surface area contributed by atoms with E-state index in [1.807, 2.05) is 12.3 Å². The van der Waals surface area contributed by atoms with Crippen LogP contribution >= 0.6 is 0 Å². The first-order valence-corrected chi connectivity index (χ1v) is 12.7. The molecule has 176 valence electrons. The zero-order valence-corrected chi connectivity index (χ0v) is 20.7. The Kier molecular flexibility index (Phi) is 3.97. The van der Waals surface area contributed by atoms with Gasteiger partial charge in [0.15, 0.2) is 0 Å². The summed E-state index contributed by atoms with van der Waals surface area (Å²) >= 11 is 0. The molecule has 0 saturated carbocycles. The molecule has 7 aromatic rings. The molecule has 0 N–H and O–H groups in total. The minimum Gasteiger partial charge on any atom is -0.296 e. The molecule has 37 heavy (non-hydrogen) atoms. The summed E-state index contributed by atoms with van der Waals surface area (Å²) < 4.78 is 4.53. The van der Waals surface area contributed by atoms with Gasteiger partial charge < -0.3 is 0 Å². The highest BCUT2D eigenvalue weighted by Gasteiger charge is 2.40. The first-order valence-electron chi connectivity index (χ1n) is 12.7. The van der Waals surface area contributed by atoms with Crippen molar-refractivity contribution in [2.45, 2.75) is 19.3 Å². The van der Waals surface area contributed by atoms with Crippen LogP contribution in [0.2, 0.25) is 0 Å². The number of rotatable bonds is 2. The molecule has 3 heterocycles. The van der Waals surface area contributed by atoms with Gasteiger partial charge in [-0.25, -0.2) is 4.98 Å². The van der Waals surface area contributed by atoms with Gasteiger partial charge in [-0.3, -0.25) is 9.13 Å². The van der Waals surface area contributed by atoms with Gasteiger partial charge in [-0.1, -0.05) is 92.7 Å². The lowest BCUT2D eigenvalue weighted by Crippen LogP contribution is -2.20. The van der Waals surface area contributed by atoms with Gasteiger partial charge in [-0.2, -0.15) is 4.98 Å². The number of para-hydroxylation sites is 3. The molecule has 0 radical (unpaired) electrons. The normalized spacial score (nSPS) is 13.9. The van der Waals surface area contributed by atoms with Gasteiger partial charge in [0.05, 0.1) is 16.6 Å². The third-order valence-corrected chi connectivity index (χ3v) is 7.97. The van der Waals surface area contributed by atoms with Gasteiger partial charge in [-0.15, -0.1) is 0 Å². The Labute approximate surface area is 214 Å². The van der Waals surface area contributed by atoms with Crippen LogP contribution in [-0.4, -0.2) is 19.1 Å². The van der Waals surface area contributed by atoms with E-state index in [1.54, 1.807) is 0 Å². The lowest BCUT2D eigenvalue weighted by molar-refractivity contribution is 0.620. The van der Waals surface area contributed by atoms with E-state index in [9.17, 15) is 0 Å². The van der Waals surface area contributed by atoms with Crippen molar-refractivity contribution < 1.29 is 0 Å². The summed E-state index contributed by atoms with van der Waals surface area (Å²) in [6.07, 6.45) is 1.89. The van der Waals surface area contributed by atoms with Crippen molar-refractivity contribution in [3.63, 3.8) is 0 Å². The smallest absolute Gasteiger partial charge is 0.236 e. The standard InChI is InChI=1S/C33H24N4/c1-33(2)25-15-7-3-13-23(25)30-24-14-6-10-18-28(24)37(31(30)33)29-19-20-34-32(35-29)36-26-16-8-4-11-21(26)22-12-5-9-17-27(22)36/h3-20H,1-2H3. The quantitative estimate of drug-likeness (QED) is 0.255. The summed E-state index contributed by atoms with van der Waals surface area (Å²) in [5, 5.41) is 3.67. The van der Waals surface area contributed by atoms with E-state index in [1.165, 1.54) is 44.1 Å². The summed E-state index contributed by atoms with van der Waals surface area (Å²) in [5.74, 6) is 1.56. The zero-order chi connectivity index (χ0) is 24.7. The number of hydrogen-bond acceptors (Lipinski definition) is 2. The van der Waals surface area contributed by atoms with Gasteiger partial charge in [-0.05, 0) is 35.4 Å². The maximum atomic E-state index is 5.23. The second-order valence-electron chi connectivity index (χ2n) is 10.3. The molecule has 1 aliphatic carbocycles. The van der Waals surface area contributed by atoms with Crippen LogP contribution in [0.15, 0.2) is 109 Å². The largest absolute Gasteiger partial charge is 0.296 e. The molecule has 0 aliphatic heterocycles. The molecular weight excluding hydrogens is 452 g/mol. The second-order valence-corrected chi connectivity index (χ2v) is 10.3. The Bertz CT molecular complexity index is 1970. The molecule has 3 aromatic heterocycles. The SMILES string of the molecule is CC1(C)c2ccccc2-c2c1n(-c1ccnc(-n3c4ccccc4c4ccccc43)n1)c1ccccc21. The lowest BCUT2D eigenvalue weighted by Gasteiger charge is -2.24. The van der Waals surface area contributed by atoms with Crippen molar-refractivity contribution in [1.29, 1.82) is 0 Å². The van der Waals surface area contributed by atoms with E-state index in [2.05, 4.69) is 120 Å². The van der Waals surface area contributed by atoms with Gasteiger partial charge in [0.25, 0.3) is 0 Å². The van der Waals surface area contributed by atoms with Crippen LogP contribution in [0, 0.1) is 0 Å². The van der Waals surface area contributed by atoms with Crippen LogP contribution in [0.1, 0.15) is 25.1 Å². The third kappa shape index (κ3) is 2.62. The third-order valence-electron chi connectivity index (χ3n) is 7.97. The van der Waals surface area contributed by atoms with Crippen LogP contribution in [0.3, 0.4) is 0 Å². The highest BCUT2D eigenvalue weighted by molar-refractivity contribution is 6.09. The number of hydrogen-bond donors (Lipinski definition) is 0. The van der Waals surface area contributed by atoms with E-state index in [0.717, 1.165) is 16.9 Å². The molecule has 4 heteroatoms. The zero-order valence-electron chi connectivity index (χ0n) is 20.7. The van der Waals surface area contributed by atoms with Crippen LogP contribution in [0.4, 0.5) is 0 Å². The Morgan fingerprint density at radius 2 is 1.16 bits per heavy atom. The predicted octanol–water partition coefficient (Wildman–Crippen LogP) is 7.82. The predicted molar refractivity (Wildman–Crippen MR) is 151 cm³/mol. The lowest BCUT2D eigenvalue weighted by atomic mass is 9.85. The van der Waals surface area contributed by atoms with Crippen molar-refractivity contribution in [3.05, 3.63) is 121 Å². The molecule has 0 atom stereocenters. The molecule has 0 spiro atoms. The molecule has 4 aromatic carbocycles. The van der Waals surface area contributed by atoms with Gasteiger partial charge in [0.1, 0.15) is 5.82 Å².